The number of carbonyl (C=O) groups is 5. The number of nitrogens with two attached hydrogens (primary N) is 3. The number of ether oxygens (including phenoxy) is 5. The van der Waals surface area contributed by atoms with Gasteiger partial charge in [-0.25, -0.2) is 33.5 Å². The second-order valence-electron chi connectivity index (χ2n) is 28.5. The summed E-state index contributed by atoms with van der Waals surface area (Å²) in [4.78, 5) is 88.8. The molecule has 35 nitrogen and oxygen atoms in total. The van der Waals surface area contributed by atoms with Gasteiger partial charge in [0.15, 0.2) is 57.1 Å². The molecule has 4 amide bonds. The van der Waals surface area contributed by atoms with Crippen molar-refractivity contribution >= 4 is 116 Å². The molecule has 0 radical (unpaired) electrons. The second-order valence-corrected chi connectivity index (χ2v) is 29.5. The van der Waals surface area contributed by atoms with Crippen LogP contribution < -0.4 is 72.4 Å². The fourth-order valence-corrected chi connectivity index (χ4v) is 15.5. The summed E-state index contributed by atoms with van der Waals surface area (Å²) >= 11 is 17.3. The molecule has 0 bridgehead atoms. The maximum absolute atomic E-state index is 13.1. The predicted molar refractivity (Wildman–Crippen MR) is 440 cm³/mol. The van der Waals surface area contributed by atoms with Crippen LogP contribution in [-0.4, -0.2) is 180 Å². The summed E-state index contributed by atoms with van der Waals surface area (Å²) in [5, 5.41) is 39.4. The number of imidazole rings is 3. The van der Waals surface area contributed by atoms with E-state index in [-0.39, 0.29) is 69.3 Å². The smallest absolute Gasteiger partial charge is 0.255 e. The molecule has 3 saturated carbocycles. The van der Waals surface area contributed by atoms with E-state index in [0.717, 1.165) is 112 Å². The van der Waals surface area contributed by atoms with E-state index in [4.69, 9.17) is 80.7 Å². The summed E-state index contributed by atoms with van der Waals surface area (Å²) in [7, 11) is 7.63. The lowest BCUT2D eigenvalue weighted by Crippen LogP contribution is -2.41. The number of benzene rings is 3. The van der Waals surface area contributed by atoms with E-state index in [1.807, 2.05) is 53.4 Å². The predicted octanol–water partition coefficient (Wildman–Crippen LogP) is 11.0. The molecule has 11 heterocycles. The Hall–Kier alpha value is -12.5. The molecule has 2 saturated heterocycles. The molecule has 3 aliphatic carbocycles. The van der Waals surface area contributed by atoms with E-state index in [0.29, 0.717) is 111 Å². The van der Waals surface area contributed by atoms with E-state index in [9.17, 15) is 29.1 Å². The zero-order valence-electron chi connectivity index (χ0n) is 65.0. The van der Waals surface area contributed by atoms with Crippen LogP contribution in [0.15, 0.2) is 129 Å². The van der Waals surface area contributed by atoms with Crippen molar-refractivity contribution in [3.8, 4) is 51.6 Å². The first-order valence-corrected chi connectivity index (χ1v) is 39.4. The van der Waals surface area contributed by atoms with Crippen molar-refractivity contribution in [3.05, 3.63) is 161 Å². The molecule has 9 aromatic heterocycles. The number of amides is 4. The molecule has 2 atom stereocenters. The molecule has 3 aromatic carbocycles. The summed E-state index contributed by atoms with van der Waals surface area (Å²) in [5.74, 6) is 4.14. The first-order valence-electron chi connectivity index (χ1n) is 38.3. The Kier molecular flexibility index (Phi) is 26.7. The summed E-state index contributed by atoms with van der Waals surface area (Å²) in [5.41, 5.74) is 21.7. The Morgan fingerprint density at radius 1 is 0.530 bits per heavy atom. The Morgan fingerprint density at radius 2 is 1.02 bits per heavy atom. The number of aromatic nitrogens is 15. The number of nitrogens with zero attached hydrogens (tertiary/aromatic N) is 16. The number of anilines is 6. The van der Waals surface area contributed by atoms with E-state index in [1.165, 1.54) is 27.1 Å². The van der Waals surface area contributed by atoms with Gasteiger partial charge < -0.3 is 91.2 Å². The summed E-state index contributed by atoms with van der Waals surface area (Å²) in [6, 6.07) is 21.3. The molecule has 12 aromatic rings. The second kappa shape index (κ2) is 37.9. The number of phenolic OH excluding ortho intramolecular Hbond substituents is 1. The van der Waals surface area contributed by atoms with Crippen molar-refractivity contribution in [2.75, 3.05) is 69.9 Å². The van der Waals surface area contributed by atoms with Crippen LogP contribution in [0.1, 0.15) is 140 Å². The summed E-state index contributed by atoms with van der Waals surface area (Å²) in [6.45, 7) is 1.57. The SMILES string of the molecule is COc1cc(-n2cnc(N)c2)cc(C(=O)CC2CCCC2)c1OC.COc1cc(-n2cnc(Nc3nc(Cl)nn4cccc34)c2)cc(C(=O)NC2CCCC2)c1OC.COc1cc(-n2cnc(Nc3nc(N4CCC[C@H]4C(N)=O)nn4cccc34)c2)cc(C(=O)NC2CCCC2)c1O.Clc1nc(Cl)c2cccn2n1.NC(=O)[C@@H]1CCCN1. The number of hydrogen-bond donors (Lipinski definition) is 9. The fourth-order valence-electron chi connectivity index (χ4n) is 14.9. The van der Waals surface area contributed by atoms with Crippen LogP contribution in [-0.2, 0) is 9.59 Å². The Balaban J connectivity index is 0.000000139. The quantitative estimate of drug-likeness (QED) is 0.0285. The third kappa shape index (κ3) is 19.7. The fraction of sp³-hybridized carbons (Fsp3) is 0.367. The highest BCUT2D eigenvalue weighted by atomic mass is 35.5. The van der Waals surface area contributed by atoms with Gasteiger partial charge in [0.25, 0.3) is 11.8 Å². The van der Waals surface area contributed by atoms with E-state index in [2.05, 4.69) is 66.8 Å². The molecular formula is C79H91Cl3N24O11. The minimum Gasteiger partial charge on any atom is -0.504 e. The number of phenols is 1. The normalized spacial score (nSPS) is 15.9. The minimum absolute atomic E-state index is 0.0463. The van der Waals surface area contributed by atoms with Crippen molar-refractivity contribution in [1.29, 1.82) is 0 Å². The van der Waals surface area contributed by atoms with Gasteiger partial charge in [-0.1, -0.05) is 63.0 Å². The molecule has 614 valence electrons. The van der Waals surface area contributed by atoms with E-state index in [1.54, 1.807) is 129 Å². The van der Waals surface area contributed by atoms with Gasteiger partial charge in [-0.3, -0.25) is 24.0 Å². The monoisotopic (exact) mass is 1660 g/mol. The molecule has 0 spiro atoms. The Morgan fingerprint density at radius 3 is 1.54 bits per heavy atom. The van der Waals surface area contributed by atoms with Crippen LogP contribution >= 0.6 is 34.8 Å². The highest BCUT2D eigenvalue weighted by Gasteiger charge is 2.33. The molecule has 38 heteroatoms. The van der Waals surface area contributed by atoms with Gasteiger partial charge in [0, 0.05) is 61.8 Å². The topological polar surface area (TPSA) is 437 Å². The van der Waals surface area contributed by atoms with Gasteiger partial charge in [-0.15, -0.1) is 15.3 Å². The van der Waals surface area contributed by atoms with Crippen LogP contribution in [0.4, 0.5) is 35.0 Å². The standard InChI is InChI=1S/C27H31N9O4.C23H24ClN7O3.C18H23N3O3.C6H3Cl2N3.C5H10N2O/c1-40-21-13-17(12-18(23(21)37)26(39)30-16-6-2-3-7-16)34-14-22(29-15-34)31-25-20-9-5-11-36(20)33-27(32-25)35-10-4-8-19(35)24(28)38;1-33-18-11-15(10-16(20(18)34-2)22(32)26-14-6-3-4-7-14)30-12-19(25-13-30)27-21-17-8-5-9-31(17)29-23(24)28-21;1-23-16-9-13(21-10-17(19)20-11-21)8-14(18(16)24-2)15(22)7-12-5-3-4-6-12;7-5-4-2-1-3-11(4)10-6(8)9-5;6-5(8)4-2-1-3-7-4/h5,9,11-16,19,37H,2-4,6-8,10H2,1H3,(H2,28,38)(H,30,39)(H,31,32,33);5,8-14H,3-4,6-7H2,1-2H3,(H,26,32)(H,27,28,29);8-12H,3-7,19H2,1-2H3;1-3H;4,7H,1-3H2,(H2,6,8)/t19-;;;;4-/m0...0/s1. The summed E-state index contributed by atoms with van der Waals surface area (Å²) in [6.07, 6.45) is 32.4. The molecule has 17 rings (SSSR count). The van der Waals surface area contributed by atoms with Crippen LogP contribution in [0, 0.1) is 5.92 Å². The van der Waals surface area contributed by atoms with E-state index >= 15 is 0 Å². The first-order chi connectivity index (χ1) is 56.6. The molecule has 12 N–H and O–H groups in total. The molecule has 117 heavy (non-hydrogen) atoms. The molecule has 2 aliphatic heterocycles. The van der Waals surface area contributed by atoms with Crippen molar-refractivity contribution in [2.45, 2.75) is 133 Å². The van der Waals surface area contributed by atoms with Gasteiger partial charge >= 0.3 is 0 Å². The number of rotatable bonds is 22. The lowest BCUT2D eigenvalue weighted by atomic mass is 9.96. The molecule has 5 fully saturated rings. The lowest BCUT2D eigenvalue weighted by Gasteiger charge is -2.22. The maximum Gasteiger partial charge on any atom is 0.255 e. The largest absolute Gasteiger partial charge is 0.504 e. The number of fused-ring (bicyclic) bond motifs is 3. The van der Waals surface area contributed by atoms with Crippen LogP contribution in [0.3, 0.4) is 0 Å². The number of nitrogens with one attached hydrogen (secondary N) is 5. The maximum atomic E-state index is 13.1. The number of carbonyl (C=O) groups excluding carboxylic acids is 5. The number of methoxy groups -OCH3 is 5. The highest BCUT2D eigenvalue weighted by molar-refractivity contribution is 6.34. The highest BCUT2D eigenvalue weighted by Crippen LogP contribution is 2.40. The first kappa shape index (κ1) is 82.5. The van der Waals surface area contributed by atoms with Crippen molar-refractivity contribution in [1.82, 2.24) is 88.4 Å². The number of ketones is 1. The number of halogens is 3. The zero-order chi connectivity index (χ0) is 82.4. The van der Waals surface area contributed by atoms with Gasteiger partial charge in [-0.2, -0.15) is 9.97 Å². The third-order valence-electron chi connectivity index (χ3n) is 20.8. The number of Topliss-reactive ketones (excluding diaryl/α,β-unsaturated/α-hetero) is 1. The Bertz CT molecular complexity index is 5520. The zero-order valence-corrected chi connectivity index (χ0v) is 67.3. The van der Waals surface area contributed by atoms with Gasteiger partial charge in [0.05, 0.1) is 93.9 Å². The number of hydrogen-bond acceptors (Lipinski definition) is 25. The van der Waals surface area contributed by atoms with Crippen LogP contribution in [0.5, 0.6) is 34.5 Å². The minimum atomic E-state index is -0.454. The number of nitrogen functional groups attached to an aromatic ring is 1. The van der Waals surface area contributed by atoms with Crippen molar-refractivity contribution in [3.63, 3.8) is 0 Å². The van der Waals surface area contributed by atoms with E-state index < -0.39 is 11.9 Å². The van der Waals surface area contributed by atoms with Gasteiger partial charge in [-0.05, 0) is 142 Å². The number of primary amides is 2. The lowest BCUT2D eigenvalue weighted by molar-refractivity contribution is -0.120. The Labute approximate surface area is 686 Å². The molecule has 5 aliphatic rings. The molecule has 0 unspecified atom stereocenters. The summed E-state index contributed by atoms with van der Waals surface area (Å²) < 4.78 is 37.5. The van der Waals surface area contributed by atoms with Crippen molar-refractivity contribution < 1.29 is 52.8 Å². The molecular weight excluding hydrogens is 1570 g/mol. The third-order valence-corrected chi connectivity index (χ3v) is 21.4. The number of aromatic hydroxyl groups is 1. The van der Waals surface area contributed by atoms with Crippen LogP contribution in [0.2, 0.25) is 15.7 Å². The van der Waals surface area contributed by atoms with Crippen molar-refractivity contribution in [2.24, 2.45) is 17.4 Å². The van der Waals surface area contributed by atoms with Gasteiger partial charge in [0.2, 0.25) is 28.3 Å². The average Bonchev–Trinajstić information content (AvgIpc) is 1.66. The van der Waals surface area contributed by atoms with Gasteiger partial charge in [0.1, 0.15) is 59.0 Å². The van der Waals surface area contributed by atoms with Crippen LogP contribution in [0.25, 0.3) is 33.6 Å². The average molecular weight is 1660 g/mol.